The summed E-state index contributed by atoms with van der Waals surface area (Å²) < 4.78 is 11.7. The van der Waals surface area contributed by atoms with E-state index < -0.39 is 10.8 Å². The van der Waals surface area contributed by atoms with Crippen molar-refractivity contribution in [1.29, 1.82) is 0 Å². The van der Waals surface area contributed by atoms with E-state index in [0.717, 1.165) is 6.42 Å². The topological polar surface area (TPSA) is 34.1 Å². The SMILES string of the molecule is CC(C)CCS(=O)CC(=O)c1cccc(Cl)c1. The van der Waals surface area contributed by atoms with Crippen LogP contribution in [-0.4, -0.2) is 21.5 Å². The van der Waals surface area contributed by atoms with Gasteiger partial charge in [-0.05, 0) is 24.5 Å². The molecule has 94 valence electrons. The fourth-order valence-corrected chi connectivity index (χ4v) is 2.86. The minimum Gasteiger partial charge on any atom is -0.293 e. The Bertz CT molecular complexity index is 416. The fraction of sp³-hybridized carbons (Fsp3) is 0.462. The number of Topliss-reactive ketones (excluding diaryl/α,β-unsaturated/α-hetero) is 1. The van der Waals surface area contributed by atoms with Crippen molar-refractivity contribution in [3.8, 4) is 0 Å². The first-order valence-electron chi connectivity index (χ1n) is 5.62. The predicted octanol–water partition coefficient (Wildman–Crippen LogP) is 3.32. The van der Waals surface area contributed by atoms with Gasteiger partial charge in [0.2, 0.25) is 0 Å². The summed E-state index contributed by atoms with van der Waals surface area (Å²) in [6.45, 7) is 4.16. The van der Waals surface area contributed by atoms with Gasteiger partial charge in [-0.25, -0.2) is 0 Å². The van der Waals surface area contributed by atoms with Gasteiger partial charge in [0.25, 0.3) is 0 Å². The first-order valence-corrected chi connectivity index (χ1v) is 7.49. The average Bonchev–Trinajstić information content (AvgIpc) is 2.26. The van der Waals surface area contributed by atoms with E-state index >= 15 is 0 Å². The molecule has 1 aromatic rings. The van der Waals surface area contributed by atoms with Crippen LogP contribution >= 0.6 is 11.6 Å². The molecule has 2 nitrogen and oxygen atoms in total. The van der Waals surface area contributed by atoms with Crippen LogP contribution in [0.25, 0.3) is 0 Å². The average molecular weight is 273 g/mol. The van der Waals surface area contributed by atoms with Crippen molar-refractivity contribution >= 4 is 28.2 Å². The van der Waals surface area contributed by atoms with Crippen LogP contribution in [0.2, 0.25) is 5.02 Å². The van der Waals surface area contributed by atoms with Crippen molar-refractivity contribution in [3.05, 3.63) is 34.9 Å². The summed E-state index contributed by atoms with van der Waals surface area (Å²) in [6, 6.07) is 6.76. The molecule has 0 fully saturated rings. The van der Waals surface area contributed by atoms with Crippen molar-refractivity contribution in [3.63, 3.8) is 0 Å². The summed E-state index contributed by atoms with van der Waals surface area (Å²) in [5.41, 5.74) is 0.537. The minimum atomic E-state index is -1.07. The molecule has 4 heteroatoms. The smallest absolute Gasteiger partial charge is 0.175 e. The number of carbonyl (C=O) groups excluding carboxylic acids is 1. The zero-order valence-corrected chi connectivity index (χ0v) is 11.7. The van der Waals surface area contributed by atoms with Crippen molar-refractivity contribution in [2.75, 3.05) is 11.5 Å². The van der Waals surface area contributed by atoms with Crippen molar-refractivity contribution in [2.45, 2.75) is 20.3 Å². The number of hydrogen-bond acceptors (Lipinski definition) is 2. The molecule has 0 aliphatic rings. The maximum Gasteiger partial charge on any atom is 0.175 e. The Balaban J connectivity index is 2.52. The zero-order valence-electron chi connectivity index (χ0n) is 10.1. The molecular formula is C13H17ClO2S. The molecule has 1 unspecified atom stereocenters. The molecule has 0 saturated carbocycles. The monoisotopic (exact) mass is 272 g/mol. The molecule has 0 aliphatic carbocycles. The van der Waals surface area contributed by atoms with Gasteiger partial charge in [-0.15, -0.1) is 0 Å². The summed E-state index contributed by atoms with van der Waals surface area (Å²) in [4.78, 5) is 11.8. The van der Waals surface area contributed by atoms with E-state index in [4.69, 9.17) is 11.6 Å². The summed E-state index contributed by atoms with van der Waals surface area (Å²) in [7, 11) is -1.07. The summed E-state index contributed by atoms with van der Waals surface area (Å²) in [5.74, 6) is 1.09. The highest BCUT2D eigenvalue weighted by atomic mass is 35.5. The number of rotatable bonds is 6. The molecule has 0 heterocycles. The van der Waals surface area contributed by atoms with Crippen LogP contribution in [0.5, 0.6) is 0 Å². The van der Waals surface area contributed by atoms with Crippen LogP contribution in [0.15, 0.2) is 24.3 Å². The first-order chi connectivity index (χ1) is 7.99. The molecule has 0 aliphatic heterocycles. The third-order valence-corrected chi connectivity index (χ3v) is 3.87. The lowest BCUT2D eigenvalue weighted by atomic mass is 10.1. The third-order valence-electron chi connectivity index (χ3n) is 2.36. The van der Waals surface area contributed by atoms with Gasteiger partial charge in [0, 0.05) is 27.1 Å². The summed E-state index contributed by atoms with van der Waals surface area (Å²) in [6.07, 6.45) is 0.884. The number of ketones is 1. The molecule has 0 bridgehead atoms. The van der Waals surface area contributed by atoms with Gasteiger partial charge < -0.3 is 0 Å². The maximum absolute atomic E-state index is 11.8. The quantitative estimate of drug-likeness (QED) is 0.745. The van der Waals surface area contributed by atoms with Gasteiger partial charge in [0.15, 0.2) is 5.78 Å². The van der Waals surface area contributed by atoms with Crippen LogP contribution < -0.4 is 0 Å². The number of halogens is 1. The van der Waals surface area contributed by atoms with Crippen molar-refractivity contribution < 1.29 is 9.00 Å². The van der Waals surface area contributed by atoms with Crippen LogP contribution in [0.1, 0.15) is 30.6 Å². The molecule has 1 rings (SSSR count). The van der Waals surface area contributed by atoms with Crippen LogP contribution in [-0.2, 0) is 10.8 Å². The van der Waals surface area contributed by atoms with E-state index in [9.17, 15) is 9.00 Å². The van der Waals surface area contributed by atoms with Crippen LogP contribution in [0.3, 0.4) is 0 Å². The van der Waals surface area contributed by atoms with E-state index in [1.807, 2.05) is 0 Å². The maximum atomic E-state index is 11.8. The Kier molecular flexibility index (Phi) is 5.86. The Hall–Kier alpha value is -0.670. The lowest BCUT2D eigenvalue weighted by Gasteiger charge is -2.04. The number of benzene rings is 1. The van der Waals surface area contributed by atoms with Crippen LogP contribution in [0.4, 0.5) is 0 Å². The lowest BCUT2D eigenvalue weighted by Crippen LogP contribution is -2.14. The van der Waals surface area contributed by atoms with E-state index in [1.165, 1.54) is 0 Å². The molecule has 1 aromatic carbocycles. The summed E-state index contributed by atoms with van der Waals surface area (Å²) in [5, 5.41) is 0.531. The minimum absolute atomic E-state index is 0.0903. The number of hydrogen-bond donors (Lipinski definition) is 0. The third kappa shape index (κ3) is 5.46. The molecule has 1 atom stereocenters. The Morgan fingerprint density at radius 1 is 1.41 bits per heavy atom. The predicted molar refractivity (Wildman–Crippen MR) is 73.1 cm³/mol. The normalized spacial score (nSPS) is 12.7. The van der Waals surface area contributed by atoms with Crippen molar-refractivity contribution in [2.24, 2.45) is 5.92 Å². The van der Waals surface area contributed by atoms with E-state index in [-0.39, 0.29) is 11.5 Å². The highest BCUT2D eigenvalue weighted by Gasteiger charge is 2.11. The van der Waals surface area contributed by atoms with Gasteiger partial charge in [-0.3, -0.25) is 9.00 Å². The van der Waals surface area contributed by atoms with E-state index in [1.54, 1.807) is 24.3 Å². The van der Waals surface area contributed by atoms with E-state index in [0.29, 0.717) is 22.3 Å². The Morgan fingerprint density at radius 3 is 2.71 bits per heavy atom. The molecular weight excluding hydrogens is 256 g/mol. The summed E-state index contributed by atoms with van der Waals surface area (Å²) >= 11 is 5.80. The second-order valence-electron chi connectivity index (χ2n) is 4.40. The van der Waals surface area contributed by atoms with Gasteiger partial charge in [-0.1, -0.05) is 37.6 Å². The fourth-order valence-electron chi connectivity index (χ4n) is 1.33. The number of carbonyl (C=O) groups is 1. The first kappa shape index (κ1) is 14.4. The molecule has 17 heavy (non-hydrogen) atoms. The van der Waals surface area contributed by atoms with E-state index in [2.05, 4.69) is 13.8 Å². The molecule has 0 saturated heterocycles. The Morgan fingerprint density at radius 2 is 2.12 bits per heavy atom. The second-order valence-corrected chi connectivity index (χ2v) is 6.42. The highest BCUT2D eigenvalue weighted by molar-refractivity contribution is 7.85. The van der Waals surface area contributed by atoms with Gasteiger partial charge in [0.1, 0.15) is 0 Å². The van der Waals surface area contributed by atoms with Gasteiger partial charge in [0.05, 0.1) is 5.75 Å². The molecule has 0 spiro atoms. The van der Waals surface area contributed by atoms with Crippen molar-refractivity contribution in [1.82, 2.24) is 0 Å². The molecule has 0 N–H and O–H groups in total. The molecule has 0 aromatic heterocycles. The lowest BCUT2D eigenvalue weighted by molar-refractivity contribution is 0.102. The molecule has 0 radical (unpaired) electrons. The highest BCUT2D eigenvalue weighted by Crippen LogP contribution is 2.12. The largest absolute Gasteiger partial charge is 0.293 e. The second kappa shape index (κ2) is 6.92. The standard InChI is InChI=1S/C13H17ClO2S/c1-10(2)6-7-17(16)9-13(15)11-4-3-5-12(14)8-11/h3-5,8,10H,6-7,9H2,1-2H3. The Labute approximate surface area is 110 Å². The van der Waals surface area contributed by atoms with Gasteiger partial charge >= 0.3 is 0 Å². The van der Waals surface area contributed by atoms with Crippen LogP contribution in [0, 0.1) is 5.92 Å². The molecule has 0 amide bonds. The zero-order chi connectivity index (χ0) is 12.8. The van der Waals surface area contributed by atoms with Gasteiger partial charge in [-0.2, -0.15) is 0 Å².